The molecule has 0 spiro atoms. The molecule has 3 aromatic rings. The summed E-state index contributed by atoms with van der Waals surface area (Å²) in [6.45, 7) is 5.22. The number of rotatable bonds is 5. The molecule has 5 rings (SSSR count). The van der Waals surface area contributed by atoms with E-state index in [0.29, 0.717) is 25.6 Å². The van der Waals surface area contributed by atoms with Crippen LogP contribution in [-0.4, -0.2) is 66.0 Å². The summed E-state index contributed by atoms with van der Waals surface area (Å²) in [5.41, 5.74) is 3.66. The van der Waals surface area contributed by atoms with Gasteiger partial charge in [-0.3, -0.25) is 14.5 Å². The highest BCUT2D eigenvalue weighted by Crippen LogP contribution is 2.27. The fourth-order valence-electron chi connectivity index (χ4n) is 4.81. The lowest BCUT2D eigenvalue weighted by atomic mass is 10.0. The number of ether oxygens (including phenoxy) is 1. The van der Waals surface area contributed by atoms with Crippen LogP contribution in [0.1, 0.15) is 30.3 Å². The molecule has 2 aliphatic heterocycles. The van der Waals surface area contributed by atoms with Crippen molar-refractivity contribution in [1.82, 2.24) is 14.8 Å². The Hall–Kier alpha value is -3.49. The Morgan fingerprint density at radius 3 is 2.94 bits per heavy atom. The number of aryl methyl sites for hydroxylation is 2. The zero-order chi connectivity index (χ0) is 24.4. The lowest BCUT2D eigenvalue weighted by Crippen LogP contribution is -2.48. The van der Waals surface area contributed by atoms with E-state index in [0.717, 1.165) is 59.4 Å². The van der Waals surface area contributed by atoms with E-state index in [9.17, 15) is 9.59 Å². The summed E-state index contributed by atoms with van der Waals surface area (Å²) in [5.74, 6) is 1.31. The monoisotopic (exact) mass is 476 g/mol. The van der Waals surface area contributed by atoms with Gasteiger partial charge < -0.3 is 19.4 Å². The van der Waals surface area contributed by atoms with Crippen LogP contribution in [0, 0.1) is 6.92 Å². The second-order valence-corrected chi connectivity index (χ2v) is 9.13. The molecule has 2 aromatic heterocycles. The highest BCUT2D eigenvalue weighted by molar-refractivity contribution is 5.96. The van der Waals surface area contributed by atoms with Gasteiger partial charge in [0.15, 0.2) is 0 Å². The fraction of sp³-hybridized carbons (Fsp3) is 0.370. The molecule has 1 unspecified atom stereocenters. The molecule has 2 amide bonds. The number of furan rings is 1. The highest BCUT2D eigenvalue weighted by atomic mass is 16.5. The number of hydrogen-bond acceptors (Lipinski definition) is 6. The van der Waals surface area contributed by atoms with E-state index in [1.807, 2.05) is 37.3 Å². The van der Waals surface area contributed by atoms with Crippen molar-refractivity contribution in [3.05, 3.63) is 65.1 Å². The van der Waals surface area contributed by atoms with E-state index >= 15 is 0 Å². The third kappa shape index (κ3) is 4.99. The van der Waals surface area contributed by atoms with Crippen LogP contribution in [0.4, 0.5) is 5.82 Å². The van der Waals surface area contributed by atoms with Gasteiger partial charge in [-0.2, -0.15) is 0 Å². The van der Waals surface area contributed by atoms with Crippen LogP contribution < -0.4 is 5.32 Å². The van der Waals surface area contributed by atoms with Gasteiger partial charge in [0.25, 0.3) is 0 Å². The number of carbonyl (C=O) groups excluding carboxylic acids is 2. The predicted molar refractivity (Wildman–Crippen MR) is 136 cm³/mol. The van der Waals surface area contributed by atoms with Gasteiger partial charge in [0.1, 0.15) is 17.2 Å². The van der Waals surface area contributed by atoms with Crippen molar-refractivity contribution in [2.75, 3.05) is 38.7 Å². The molecular formula is C27H32N4O4. The van der Waals surface area contributed by atoms with Crippen molar-refractivity contribution < 1.29 is 20.2 Å². The van der Waals surface area contributed by atoms with E-state index in [-0.39, 0.29) is 19.3 Å². The molecule has 35 heavy (non-hydrogen) atoms. The summed E-state index contributed by atoms with van der Waals surface area (Å²) in [6, 6.07) is 9.69. The number of carbonyl (C=O) groups is 2. The third-order valence-corrected chi connectivity index (χ3v) is 6.80. The van der Waals surface area contributed by atoms with Gasteiger partial charge >= 0.3 is 0 Å². The summed E-state index contributed by atoms with van der Waals surface area (Å²) in [6.07, 6.45) is 6.50. The van der Waals surface area contributed by atoms with E-state index in [1.54, 1.807) is 30.3 Å². The number of nitrogens with zero attached hydrogens (tertiary/aromatic N) is 3. The maximum atomic E-state index is 12.8. The van der Waals surface area contributed by atoms with Crippen molar-refractivity contribution in [3.8, 4) is 0 Å². The first kappa shape index (κ1) is 23.3. The Morgan fingerprint density at radius 1 is 1.31 bits per heavy atom. The fourth-order valence-corrected chi connectivity index (χ4v) is 4.81. The molecule has 1 aromatic carbocycles. The molecule has 1 N–H and O–H groups in total. The van der Waals surface area contributed by atoms with Crippen molar-refractivity contribution in [1.29, 1.82) is 0 Å². The van der Waals surface area contributed by atoms with E-state index in [2.05, 4.69) is 15.2 Å². The van der Waals surface area contributed by atoms with Gasteiger partial charge in [-0.15, -0.1) is 0 Å². The number of fused-ring (bicyclic) bond motifs is 2. The van der Waals surface area contributed by atoms with Gasteiger partial charge in [0.2, 0.25) is 11.8 Å². The Morgan fingerprint density at radius 2 is 2.11 bits per heavy atom. The maximum absolute atomic E-state index is 12.8. The van der Waals surface area contributed by atoms with Crippen molar-refractivity contribution in [2.45, 2.75) is 32.4 Å². The van der Waals surface area contributed by atoms with E-state index in [1.165, 1.54) is 0 Å². The Kier molecular flexibility index (Phi) is 6.66. The van der Waals surface area contributed by atoms with Crippen LogP contribution in [0.5, 0.6) is 0 Å². The first-order valence-corrected chi connectivity index (χ1v) is 12.0. The molecule has 1 atom stereocenters. The van der Waals surface area contributed by atoms with Crippen LogP contribution in [0.15, 0.2) is 47.0 Å². The molecular weight excluding hydrogens is 444 g/mol. The SMILES string of the molecule is Cc1oc2ccccc2c1CN(C)C(=O)/C=C/c1cnc2c(c1)CCC(N1CCOCC1)C(=O)N2.[HH]. The molecule has 0 saturated carbocycles. The zero-order valence-electron chi connectivity index (χ0n) is 20.1. The standard InChI is InChI=1S/C27H30N4O4.H2/c1-18-22(21-5-3-4-6-24(21)35-18)17-30(2)25(32)10-7-19-15-20-8-9-23(31-11-13-34-14-12-31)27(33)29-26(20)28-16-19;/h3-7,10,15-16,23H,8-9,11-14,17H2,1-2H3,(H,28,29,33);1H/b10-7+;. The van der Waals surface area contributed by atoms with Crippen molar-refractivity contribution in [3.63, 3.8) is 0 Å². The Labute approximate surface area is 206 Å². The topological polar surface area (TPSA) is 87.9 Å². The minimum absolute atomic E-state index is 0. The number of aromatic nitrogens is 1. The number of pyridine rings is 1. The van der Waals surface area contributed by atoms with Gasteiger partial charge in [0, 0.05) is 51.3 Å². The number of anilines is 1. The summed E-state index contributed by atoms with van der Waals surface area (Å²) in [4.78, 5) is 33.9. The van der Waals surface area contributed by atoms with Crippen LogP contribution >= 0.6 is 0 Å². The zero-order valence-corrected chi connectivity index (χ0v) is 20.1. The molecule has 8 heteroatoms. The first-order valence-electron chi connectivity index (χ1n) is 12.0. The molecule has 0 radical (unpaired) electrons. The molecule has 0 bridgehead atoms. The van der Waals surface area contributed by atoms with Crippen LogP contribution in [0.3, 0.4) is 0 Å². The first-order chi connectivity index (χ1) is 17.0. The molecule has 8 nitrogen and oxygen atoms in total. The second kappa shape index (κ2) is 10.0. The highest BCUT2D eigenvalue weighted by Gasteiger charge is 2.30. The number of benzene rings is 1. The summed E-state index contributed by atoms with van der Waals surface area (Å²) in [5, 5.41) is 4.01. The number of hydrogen-bond donors (Lipinski definition) is 1. The molecule has 2 aliphatic rings. The number of nitrogens with one attached hydrogen (secondary N) is 1. The van der Waals surface area contributed by atoms with Gasteiger partial charge in [-0.1, -0.05) is 18.2 Å². The molecule has 0 aliphatic carbocycles. The van der Waals surface area contributed by atoms with Crippen LogP contribution in [-0.2, 0) is 27.3 Å². The average Bonchev–Trinajstić information content (AvgIpc) is 3.08. The summed E-state index contributed by atoms with van der Waals surface area (Å²) < 4.78 is 11.2. The maximum Gasteiger partial charge on any atom is 0.246 e. The van der Waals surface area contributed by atoms with Crippen molar-refractivity contribution >= 4 is 34.7 Å². The van der Waals surface area contributed by atoms with E-state index in [4.69, 9.17) is 9.15 Å². The molecule has 1 saturated heterocycles. The van der Waals surface area contributed by atoms with Gasteiger partial charge in [-0.05, 0) is 49.1 Å². The minimum atomic E-state index is -0.176. The predicted octanol–water partition coefficient (Wildman–Crippen LogP) is 3.64. The van der Waals surface area contributed by atoms with Gasteiger partial charge in [0.05, 0.1) is 19.3 Å². The third-order valence-electron chi connectivity index (χ3n) is 6.80. The lowest BCUT2D eigenvalue weighted by Gasteiger charge is -2.32. The number of para-hydroxylation sites is 1. The second-order valence-electron chi connectivity index (χ2n) is 9.13. The molecule has 1 fully saturated rings. The largest absolute Gasteiger partial charge is 0.461 e. The Balaban J connectivity index is 0.00000304. The Bertz CT molecular complexity index is 1280. The van der Waals surface area contributed by atoms with E-state index < -0.39 is 0 Å². The van der Waals surface area contributed by atoms with Crippen LogP contribution in [0.25, 0.3) is 17.0 Å². The normalized spacial score (nSPS) is 18.9. The number of morpholine rings is 1. The summed E-state index contributed by atoms with van der Waals surface area (Å²) >= 11 is 0. The molecule has 184 valence electrons. The number of likely N-dealkylation sites (N-methyl/N-ethyl adjacent to an activating group) is 1. The van der Waals surface area contributed by atoms with Crippen molar-refractivity contribution in [2.24, 2.45) is 0 Å². The average molecular weight is 477 g/mol. The number of amides is 2. The van der Waals surface area contributed by atoms with Crippen LogP contribution in [0.2, 0.25) is 0 Å². The minimum Gasteiger partial charge on any atom is -0.461 e. The quantitative estimate of drug-likeness (QED) is 0.566. The smallest absolute Gasteiger partial charge is 0.246 e. The lowest BCUT2D eigenvalue weighted by molar-refractivity contribution is -0.125. The summed E-state index contributed by atoms with van der Waals surface area (Å²) in [7, 11) is 1.78. The molecule has 4 heterocycles. The van der Waals surface area contributed by atoms with Gasteiger partial charge in [-0.25, -0.2) is 4.98 Å².